The third kappa shape index (κ3) is 13.4. The number of halogens is 1. The Morgan fingerprint density at radius 1 is 1.03 bits per heavy atom. The Hall–Kier alpha value is -2.82. The highest BCUT2D eigenvalue weighted by molar-refractivity contribution is 9.09. The van der Waals surface area contributed by atoms with Crippen LogP contribution in [0.1, 0.15) is 41.5 Å². The molecule has 0 atom stereocenters. The highest BCUT2D eigenvalue weighted by Gasteiger charge is 2.16. The summed E-state index contributed by atoms with van der Waals surface area (Å²) in [4.78, 5) is 22.4. The summed E-state index contributed by atoms with van der Waals surface area (Å²) in [7, 11) is 0. The SMILES string of the molecule is CC(C)(C)OC(=O)NCCBr.CC(C)(C)OC(=O)NCCn1cc(-c2cccc(N)c2)nn1. The molecule has 0 fully saturated rings. The number of hydrogen-bond donors (Lipinski definition) is 3. The molecule has 0 unspecified atom stereocenters. The standard InChI is InChI=1S/C15H21N5O2.C7H14BrNO2/c1-15(2,3)22-14(21)17-7-8-20-10-13(18-19-20)11-5-4-6-12(16)9-11;1-7(2,3)11-6(10)9-5-4-8/h4-6,9-10H,7-8,16H2,1-3H3,(H,17,21);4-5H2,1-3H3,(H,9,10). The minimum atomic E-state index is -0.502. The summed E-state index contributed by atoms with van der Waals surface area (Å²) in [5, 5.41) is 14.1. The fourth-order valence-electron chi connectivity index (χ4n) is 2.29. The van der Waals surface area contributed by atoms with Crippen LogP contribution in [0.3, 0.4) is 0 Å². The molecular weight excluding hydrogens is 492 g/mol. The number of alkyl halides is 1. The van der Waals surface area contributed by atoms with E-state index in [9.17, 15) is 9.59 Å². The number of amides is 2. The fourth-order valence-corrected chi connectivity index (χ4v) is 2.49. The van der Waals surface area contributed by atoms with Crippen molar-refractivity contribution < 1.29 is 19.1 Å². The number of benzene rings is 1. The monoisotopic (exact) mass is 526 g/mol. The van der Waals surface area contributed by atoms with E-state index in [1.165, 1.54) is 0 Å². The van der Waals surface area contributed by atoms with Crippen molar-refractivity contribution in [3.8, 4) is 11.3 Å². The van der Waals surface area contributed by atoms with Gasteiger partial charge in [-0.15, -0.1) is 5.10 Å². The molecule has 1 heterocycles. The number of alkyl carbamates (subject to hydrolysis) is 2. The van der Waals surface area contributed by atoms with Crippen LogP contribution in [0.2, 0.25) is 0 Å². The van der Waals surface area contributed by atoms with Gasteiger partial charge in [0.25, 0.3) is 0 Å². The molecule has 0 aliphatic carbocycles. The van der Waals surface area contributed by atoms with Gasteiger partial charge in [0.2, 0.25) is 0 Å². The lowest BCUT2D eigenvalue weighted by Crippen LogP contribution is -2.34. The second-order valence-corrected chi connectivity index (χ2v) is 9.83. The molecular formula is C22H35BrN6O4. The van der Waals surface area contributed by atoms with Crippen LogP contribution in [0.25, 0.3) is 11.3 Å². The van der Waals surface area contributed by atoms with E-state index in [0.717, 1.165) is 16.6 Å². The first-order chi connectivity index (χ1) is 15.3. The van der Waals surface area contributed by atoms with Gasteiger partial charge in [-0.1, -0.05) is 33.3 Å². The number of aromatic nitrogens is 3. The van der Waals surface area contributed by atoms with Gasteiger partial charge in [0.15, 0.2) is 0 Å². The Kier molecular flexibility index (Phi) is 11.1. The number of anilines is 1. The van der Waals surface area contributed by atoms with Gasteiger partial charge in [0.1, 0.15) is 16.9 Å². The van der Waals surface area contributed by atoms with E-state index in [-0.39, 0.29) is 6.09 Å². The van der Waals surface area contributed by atoms with Gasteiger partial charge in [0, 0.05) is 29.7 Å². The van der Waals surface area contributed by atoms with Gasteiger partial charge in [-0.05, 0) is 53.7 Å². The van der Waals surface area contributed by atoms with Crippen LogP contribution in [0, 0.1) is 0 Å². The summed E-state index contributed by atoms with van der Waals surface area (Å²) < 4.78 is 11.8. The molecule has 184 valence electrons. The molecule has 33 heavy (non-hydrogen) atoms. The van der Waals surface area contributed by atoms with Gasteiger partial charge < -0.3 is 25.8 Å². The molecule has 0 aliphatic rings. The Labute approximate surface area is 203 Å². The van der Waals surface area contributed by atoms with Crippen molar-refractivity contribution in [2.45, 2.75) is 59.3 Å². The van der Waals surface area contributed by atoms with Crippen molar-refractivity contribution in [1.82, 2.24) is 25.6 Å². The van der Waals surface area contributed by atoms with Gasteiger partial charge in [-0.2, -0.15) is 0 Å². The molecule has 1 aromatic carbocycles. The minimum Gasteiger partial charge on any atom is -0.444 e. The van der Waals surface area contributed by atoms with Crippen LogP contribution in [-0.4, -0.2) is 56.8 Å². The van der Waals surface area contributed by atoms with E-state index in [0.29, 0.717) is 25.3 Å². The first-order valence-corrected chi connectivity index (χ1v) is 11.7. The summed E-state index contributed by atoms with van der Waals surface area (Å²) in [6, 6.07) is 7.45. The van der Waals surface area contributed by atoms with E-state index in [2.05, 4.69) is 36.9 Å². The van der Waals surface area contributed by atoms with Gasteiger partial charge in [0.05, 0.1) is 12.7 Å². The number of rotatable bonds is 6. The molecule has 4 N–H and O–H groups in total. The smallest absolute Gasteiger partial charge is 0.407 e. The lowest BCUT2D eigenvalue weighted by molar-refractivity contribution is 0.0516. The summed E-state index contributed by atoms with van der Waals surface area (Å²) in [5.41, 5.74) is 7.17. The molecule has 10 nitrogen and oxygen atoms in total. The average Bonchev–Trinajstić information content (AvgIpc) is 3.13. The van der Waals surface area contributed by atoms with Crippen LogP contribution < -0.4 is 16.4 Å². The molecule has 11 heteroatoms. The maximum atomic E-state index is 11.5. The molecule has 0 spiro atoms. The lowest BCUT2D eigenvalue weighted by Gasteiger charge is -2.19. The highest BCUT2D eigenvalue weighted by atomic mass is 79.9. The first kappa shape index (κ1) is 28.2. The molecule has 2 amide bonds. The molecule has 2 aromatic rings. The number of ether oxygens (including phenoxy) is 2. The van der Waals surface area contributed by atoms with Crippen LogP contribution >= 0.6 is 15.9 Å². The zero-order valence-electron chi connectivity index (χ0n) is 20.1. The lowest BCUT2D eigenvalue weighted by atomic mass is 10.1. The zero-order valence-corrected chi connectivity index (χ0v) is 21.7. The van der Waals surface area contributed by atoms with E-state index in [1.54, 1.807) is 4.68 Å². The Morgan fingerprint density at radius 2 is 1.61 bits per heavy atom. The predicted molar refractivity (Wildman–Crippen MR) is 132 cm³/mol. The van der Waals surface area contributed by atoms with Crippen molar-refractivity contribution in [1.29, 1.82) is 0 Å². The first-order valence-electron chi connectivity index (χ1n) is 10.5. The molecule has 0 bridgehead atoms. The molecule has 0 saturated carbocycles. The van der Waals surface area contributed by atoms with Crippen molar-refractivity contribution in [3.63, 3.8) is 0 Å². The second kappa shape index (κ2) is 13.0. The predicted octanol–water partition coefficient (Wildman–Crippen LogP) is 3.96. The zero-order chi connectivity index (χ0) is 25.1. The third-order valence-electron chi connectivity index (χ3n) is 3.49. The quantitative estimate of drug-likeness (QED) is 0.383. The topological polar surface area (TPSA) is 133 Å². The van der Waals surface area contributed by atoms with E-state index < -0.39 is 17.3 Å². The number of nitrogens with one attached hydrogen (secondary N) is 2. The molecule has 0 radical (unpaired) electrons. The van der Waals surface area contributed by atoms with Crippen LogP contribution in [-0.2, 0) is 16.0 Å². The van der Waals surface area contributed by atoms with Crippen molar-refractivity contribution >= 4 is 33.8 Å². The van der Waals surface area contributed by atoms with Crippen molar-refractivity contribution in [2.75, 3.05) is 24.2 Å². The normalized spacial score (nSPS) is 11.1. The number of hydrogen-bond acceptors (Lipinski definition) is 7. The summed E-state index contributed by atoms with van der Waals surface area (Å²) >= 11 is 3.19. The fraction of sp³-hybridized carbons (Fsp3) is 0.545. The third-order valence-corrected chi connectivity index (χ3v) is 3.89. The summed E-state index contributed by atoms with van der Waals surface area (Å²) in [6.07, 6.45) is 1.01. The largest absolute Gasteiger partial charge is 0.444 e. The highest BCUT2D eigenvalue weighted by Crippen LogP contribution is 2.18. The Morgan fingerprint density at radius 3 is 2.12 bits per heavy atom. The van der Waals surface area contributed by atoms with Gasteiger partial charge in [-0.25, -0.2) is 9.59 Å². The Balaban J connectivity index is 0.000000420. The molecule has 2 rings (SSSR count). The van der Waals surface area contributed by atoms with Crippen molar-refractivity contribution in [3.05, 3.63) is 30.5 Å². The molecule has 0 saturated heterocycles. The second-order valence-electron chi connectivity index (χ2n) is 9.04. The maximum Gasteiger partial charge on any atom is 0.407 e. The minimum absolute atomic E-state index is 0.364. The molecule has 1 aromatic heterocycles. The maximum absolute atomic E-state index is 11.5. The molecule has 0 aliphatic heterocycles. The van der Waals surface area contributed by atoms with Crippen LogP contribution in [0.5, 0.6) is 0 Å². The average molecular weight is 527 g/mol. The number of carbonyl (C=O) groups is 2. The number of nitrogens with two attached hydrogens (primary N) is 1. The Bertz CT molecular complexity index is 889. The summed E-state index contributed by atoms with van der Waals surface area (Å²) in [6.45, 7) is 12.5. The number of carbonyl (C=O) groups excluding carboxylic acids is 2. The van der Waals surface area contributed by atoms with E-state index in [1.807, 2.05) is 72.0 Å². The van der Waals surface area contributed by atoms with E-state index in [4.69, 9.17) is 15.2 Å². The number of nitrogen functional groups attached to an aromatic ring is 1. The van der Waals surface area contributed by atoms with Gasteiger partial charge in [-0.3, -0.25) is 4.68 Å². The van der Waals surface area contributed by atoms with Gasteiger partial charge >= 0.3 is 12.2 Å². The van der Waals surface area contributed by atoms with Crippen LogP contribution in [0.15, 0.2) is 30.5 Å². The number of nitrogens with zero attached hydrogens (tertiary/aromatic N) is 3. The van der Waals surface area contributed by atoms with Crippen molar-refractivity contribution in [2.24, 2.45) is 0 Å². The summed E-state index contributed by atoms with van der Waals surface area (Å²) in [5.74, 6) is 0. The van der Waals surface area contributed by atoms with E-state index >= 15 is 0 Å². The van der Waals surface area contributed by atoms with Crippen LogP contribution in [0.4, 0.5) is 15.3 Å².